The van der Waals surface area contributed by atoms with Crippen molar-refractivity contribution in [3.8, 4) is 0 Å². The Kier molecular flexibility index (Phi) is 4.94. The molecule has 1 unspecified atom stereocenters. The monoisotopic (exact) mass is 304 g/mol. The highest BCUT2D eigenvalue weighted by atomic mass is 32.2. The number of carbonyl (C=O) groups is 1. The molecule has 0 saturated carbocycles. The van der Waals surface area contributed by atoms with Gasteiger partial charge in [0, 0.05) is 0 Å². The number of anilines is 2. The molecule has 0 radical (unpaired) electrons. The van der Waals surface area contributed by atoms with E-state index in [1.807, 2.05) is 37.3 Å². The number of hydrogen-bond donors (Lipinski definition) is 3. The van der Waals surface area contributed by atoms with E-state index in [1.54, 1.807) is 0 Å². The van der Waals surface area contributed by atoms with E-state index in [0.29, 0.717) is 5.16 Å². The highest BCUT2D eigenvalue weighted by Crippen LogP contribution is 2.15. The van der Waals surface area contributed by atoms with Crippen LogP contribution >= 0.6 is 11.8 Å². The van der Waals surface area contributed by atoms with Crippen molar-refractivity contribution in [2.24, 2.45) is 0 Å². The third-order valence-electron chi connectivity index (χ3n) is 2.66. The van der Waals surface area contributed by atoms with Crippen molar-refractivity contribution in [1.82, 2.24) is 20.3 Å². The molecular formula is C13H16N6OS. The molecule has 0 aliphatic carbocycles. The van der Waals surface area contributed by atoms with Crippen LogP contribution in [-0.2, 0) is 4.79 Å². The van der Waals surface area contributed by atoms with E-state index < -0.39 is 0 Å². The molecule has 1 atom stereocenters. The van der Waals surface area contributed by atoms with Gasteiger partial charge in [-0.25, -0.2) is 0 Å². The molecule has 0 fully saturated rings. The van der Waals surface area contributed by atoms with Crippen molar-refractivity contribution in [2.75, 3.05) is 17.2 Å². The van der Waals surface area contributed by atoms with E-state index in [0.717, 1.165) is 17.3 Å². The molecule has 0 spiro atoms. The maximum atomic E-state index is 11.9. The number of amides is 1. The van der Waals surface area contributed by atoms with Crippen LogP contribution in [0.5, 0.6) is 0 Å². The van der Waals surface area contributed by atoms with E-state index in [9.17, 15) is 4.79 Å². The highest BCUT2D eigenvalue weighted by Gasteiger charge is 2.11. The normalized spacial score (nSPS) is 11.9. The predicted molar refractivity (Wildman–Crippen MR) is 82.4 cm³/mol. The number of carbonyl (C=O) groups excluding carboxylic acids is 1. The largest absolute Gasteiger partial charge is 0.368 e. The summed E-state index contributed by atoms with van der Waals surface area (Å²) in [6.07, 6.45) is 0. The van der Waals surface area contributed by atoms with Gasteiger partial charge in [-0.05, 0) is 12.5 Å². The van der Waals surface area contributed by atoms with Crippen molar-refractivity contribution in [3.63, 3.8) is 0 Å². The quantitative estimate of drug-likeness (QED) is 0.705. The summed E-state index contributed by atoms with van der Waals surface area (Å²) in [4.78, 5) is 23.4. The van der Waals surface area contributed by atoms with Gasteiger partial charge in [0.1, 0.15) is 0 Å². The first-order chi connectivity index (χ1) is 10.0. The number of hydrogen-bond acceptors (Lipinski definition) is 7. The number of nitrogens with one attached hydrogen (secondary N) is 1. The molecule has 2 aromatic rings. The van der Waals surface area contributed by atoms with Crippen LogP contribution in [0.2, 0.25) is 0 Å². The molecule has 1 aromatic heterocycles. The average molecular weight is 304 g/mol. The van der Waals surface area contributed by atoms with Crippen molar-refractivity contribution < 1.29 is 4.79 Å². The van der Waals surface area contributed by atoms with Crippen molar-refractivity contribution >= 4 is 29.6 Å². The minimum absolute atomic E-state index is 0.0445. The Balaban J connectivity index is 1.87. The Hall–Kier alpha value is -2.35. The Morgan fingerprint density at radius 1 is 1.19 bits per heavy atom. The zero-order valence-corrected chi connectivity index (χ0v) is 12.3. The summed E-state index contributed by atoms with van der Waals surface area (Å²) in [5.41, 5.74) is 12.0. The smallest absolute Gasteiger partial charge is 0.230 e. The minimum Gasteiger partial charge on any atom is -0.368 e. The molecular weight excluding hydrogens is 288 g/mol. The van der Waals surface area contributed by atoms with Gasteiger partial charge in [-0.3, -0.25) is 4.79 Å². The van der Waals surface area contributed by atoms with Crippen molar-refractivity contribution in [1.29, 1.82) is 0 Å². The molecule has 110 valence electrons. The van der Waals surface area contributed by atoms with Crippen LogP contribution < -0.4 is 16.8 Å². The molecule has 0 aliphatic rings. The fraction of sp³-hybridized carbons (Fsp3) is 0.231. The van der Waals surface area contributed by atoms with Crippen LogP contribution in [0, 0.1) is 0 Å². The third-order valence-corrected chi connectivity index (χ3v) is 3.51. The first kappa shape index (κ1) is 15.0. The van der Waals surface area contributed by atoms with Crippen LogP contribution in [0.15, 0.2) is 35.5 Å². The molecule has 1 heterocycles. The standard InChI is InChI=1S/C13H16N6OS/c1-8(9-5-3-2-4-6-9)16-10(20)7-21-13-18-11(14)17-12(15)19-13/h2-6,8H,7H2,1H3,(H,16,20)(H4,14,15,17,18,19). The number of aromatic nitrogens is 3. The highest BCUT2D eigenvalue weighted by molar-refractivity contribution is 7.99. The topological polar surface area (TPSA) is 120 Å². The first-order valence-electron chi connectivity index (χ1n) is 6.28. The molecule has 0 saturated heterocycles. The lowest BCUT2D eigenvalue weighted by atomic mass is 10.1. The van der Waals surface area contributed by atoms with E-state index in [4.69, 9.17) is 11.5 Å². The van der Waals surface area contributed by atoms with Crippen LogP contribution in [0.4, 0.5) is 11.9 Å². The molecule has 1 aromatic carbocycles. The number of nitrogens with two attached hydrogens (primary N) is 2. The summed E-state index contributed by atoms with van der Waals surface area (Å²) in [6.45, 7) is 1.93. The molecule has 0 aliphatic heterocycles. The molecule has 21 heavy (non-hydrogen) atoms. The zero-order chi connectivity index (χ0) is 15.2. The Labute approximate surface area is 126 Å². The number of nitrogens with zero attached hydrogens (tertiary/aromatic N) is 3. The summed E-state index contributed by atoms with van der Waals surface area (Å²) < 4.78 is 0. The zero-order valence-electron chi connectivity index (χ0n) is 11.5. The first-order valence-corrected chi connectivity index (χ1v) is 7.27. The van der Waals surface area contributed by atoms with E-state index in [2.05, 4.69) is 20.3 Å². The van der Waals surface area contributed by atoms with Crippen molar-refractivity contribution in [3.05, 3.63) is 35.9 Å². The van der Waals surface area contributed by atoms with Gasteiger partial charge in [0.15, 0.2) is 5.16 Å². The SMILES string of the molecule is CC(NC(=O)CSc1nc(N)nc(N)n1)c1ccccc1. The summed E-state index contributed by atoms with van der Waals surface area (Å²) >= 11 is 1.16. The minimum atomic E-state index is -0.117. The number of rotatable bonds is 5. The van der Waals surface area contributed by atoms with Crippen LogP contribution in [0.25, 0.3) is 0 Å². The van der Waals surface area contributed by atoms with E-state index in [1.165, 1.54) is 0 Å². The third kappa shape index (κ3) is 4.60. The number of nitrogen functional groups attached to an aromatic ring is 2. The molecule has 7 nitrogen and oxygen atoms in total. The molecule has 5 N–H and O–H groups in total. The molecule has 2 rings (SSSR count). The molecule has 0 bridgehead atoms. The van der Waals surface area contributed by atoms with Gasteiger partial charge < -0.3 is 16.8 Å². The van der Waals surface area contributed by atoms with E-state index in [-0.39, 0.29) is 29.6 Å². The fourth-order valence-electron chi connectivity index (χ4n) is 1.69. The maximum absolute atomic E-state index is 11.9. The van der Waals surface area contributed by atoms with Gasteiger partial charge >= 0.3 is 0 Å². The lowest BCUT2D eigenvalue weighted by Gasteiger charge is -2.13. The summed E-state index contributed by atoms with van der Waals surface area (Å²) in [6, 6.07) is 9.67. The fourth-order valence-corrected chi connectivity index (χ4v) is 2.35. The average Bonchev–Trinajstić information content (AvgIpc) is 2.45. The summed E-state index contributed by atoms with van der Waals surface area (Å²) in [7, 11) is 0. The van der Waals surface area contributed by atoms with Gasteiger partial charge in [-0.2, -0.15) is 15.0 Å². The lowest BCUT2D eigenvalue weighted by molar-refractivity contribution is -0.119. The Bertz CT molecular complexity index is 601. The molecule has 1 amide bonds. The molecule has 8 heteroatoms. The van der Waals surface area contributed by atoms with Gasteiger partial charge in [0.05, 0.1) is 11.8 Å². The second-order valence-corrected chi connectivity index (χ2v) is 5.27. The summed E-state index contributed by atoms with van der Waals surface area (Å²) in [5, 5.41) is 3.24. The van der Waals surface area contributed by atoms with Crippen LogP contribution in [-0.4, -0.2) is 26.6 Å². The van der Waals surface area contributed by atoms with Gasteiger partial charge in [-0.15, -0.1) is 0 Å². The van der Waals surface area contributed by atoms with Gasteiger partial charge in [0.25, 0.3) is 0 Å². The van der Waals surface area contributed by atoms with Crippen molar-refractivity contribution in [2.45, 2.75) is 18.1 Å². The van der Waals surface area contributed by atoms with Crippen LogP contribution in [0.1, 0.15) is 18.5 Å². The van der Waals surface area contributed by atoms with Gasteiger partial charge in [-0.1, -0.05) is 42.1 Å². The van der Waals surface area contributed by atoms with E-state index >= 15 is 0 Å². The second-order valence-electron chi connectivity index (χ2n) is 4.32. The summed E-state index contributed by atoms with van der Waals surface area (Å²) in [5.74, 6) is 0.153. The lowest BCUT2D eigenvalue weighted by Crippen LogP contribution is -2.28. The number of benzene rings is 1. The Morgan fingerprint density at radius 2 is 1.81 bits per heavy atom. The number of thioether (sulfide) groups is 1. The predicted octanol–water partition coefficient (Wildman–Crippen LogP) is 1.01. The van der Waals surface area contributed by atoms with Crippen LogP contribution in [0.3, 0.4) is 0 Å². The van der Waals surface area contributed by atoms with Gasteiger partial charge in [0.2, 0.25) is 17.8 Å². The maximum Gasteiger partial charge on any atom is 0.230 e. The second kappa shape index (κ2) is 6.89. The Morgan fingerprint density at radius 3 is 2.43 bits per heavy atom.